The van der Waals surface area contributed by atoms with Crippen LogP contribution in [0, 0.1) is 12.7 Å². The molecule has 0 fully saturated rings. The second kappa shape index (κ2) is 5.06. The van der Waals surface area contributed by atoms with Gasteiger partial charge >= 0.3 is 0 Å². The topological polar surface area (TPSA) is 38.9 Å². The van der Waals surface area contributed by atoms with Crippen LogP contribution in [0.1, 0.15) is 22.7 Å². The molecule has 0 radical (unpaired) electrons. The van der Waals surface area contributed by atoms with Crippen molar-refractivity contribution >= 4 is 0 Å². The summed E-state index contributed by atoms with van der Waals surface area (Å²) < 4.78 is 13.0. The number of halogens is 1. The van der Waals surface area contributed by atoms with E-state index in [2.05, 4.69) is 11.1 Å². The van der Waals surface area contributed by atoms with Crippen molar-refractivity contribution in [1.29, 1.82) is 0 Å². The fourth-order valence-electron chi connectivity index (χ4n) is 1.84. The quantitative estimate of drug-likeness (QED) is 0.880. The molecule has 17 heavy (non-hydrogen) atoms. The first-order valence-corrected chi connectivity index (χ1v) is 5.57. The molecule has 0 aliphatic rings. The number of nitrogens with zero attached hydrogens (tertiary/aromatic N) is 1. The van der Waals surface area contributed by atoms with Crippen LogP contribution in [0.4, 0.5) is 4.39 Å². The summed E-state index contributed by atoms with van der Waals surface area (Å²) in [4.78, 5) is 3.81. The molecule has 2 aromatic rings. The first kappa shape index (κ1) is 11.7. The van der Waals surface area contributed by atoms with E-state index in [0.717, 1.165) is 11.1 Å². The Morgan fingerprint density at radius 2 is 2.12 bits per heavy atom. The Hall–Kier alpha value is -1.74. The van der Waals surface area contributed by atoms with Crippen LogP contribution in [0.5, 0.6) is 0 Å². The fraction of sp³-hybridized carbons (Fsp3) is 0.214. The van der Waals surface area contributed by atoms with Gasteiger partial charge in [0.25, 0.3) is 0 Å². The van der Waals surface area contributed by atoms with E-state index >= 15 is 0 Å². The highest BCUT2D eigenvalue weighted by Gasteiger charge is 2.08. The number of pyridine rings is 1. The molecule has 3 heteroatoms. The molecule has 0 saturated carbocycles. The van der Waals surface area contributed by atoms with Crippen molar-refractivity contribution in [3.8, 4) is 0 Å². The van der Waals surface area contributed by atoms with Crippen molar-refractivity contribution in [3.63, 3.8) is 0 Å². The maximum absolute atomic E-state index is 13.0. The molecular weight excluding hydrogens is 215 g/mol. The van der Waals surface area contributed by atoms with Gasteiger partial charge in [-0.15, -0.1) is 0 Å². The molecule has 88 valence electrons. The van der Waals surface area contributed by atoms with Crippen LogP contribution in [0.15, 0.2) is 42.7 Å². The van der Waals surface area contributed by atoms with Crippen molar-refractivity contribution in [2.24, 2.45) is 5.73 Å². The second-order valence-electron chi connectivity index (χ2n) is 4.24. The highest BCUT2D eigenvalue weighted by Crippen LogP contribution is 2.16. The number of rotatable bonds is 3. The van der Waals surface area contributed by atoms with Crippen molar-refractivity contribution in [2.75, 3.05) is 0 Å². The molecule has 2 rings (SSSR count). The molecule has 2 N–H and O–H groups in total. The SMILES string of the molecule is Cc1cccc(CC(N)c2cncc(F)c2)c1. The van der Waals surface area contributed by atoms with E-state index in [-0.39, 0.29) is 11.9 Å². The Morgan fingerprint density at radius 3 is 2.82 bits per heavy atom. The van der Waals surface area contributed by atoms with E-state index in [9.17, 15) is 4.39 Å². The maximum atomic E-state index is 13.0. The third kappa shape index (κ3) is 3.11. The molecule has 0 amide bonds. The zero-order chi connectivity index (χ0) is 12.3. The monoisotopic (exact) mass is 230 g/mol. The Bertz CT molecular complexity index is 511. The largest absolute Gasteiger partial charge is 0.324 e. The van der Waals surface area contributed by atoms with Crippen molar-refractivity contribution in [2.45, 2.75) is 19.4 Å². The number of aryl methyl sites for hydroxylation is 1. The van der Waals surface area contributed by atoms with Gasteiger partial charge in [0.15, 0.2) is 0 Å². The van der Waals surface area contributed by atoms with E-state index in [1.165, 1.54) is 17.8 Å². The molecule has 1 aromatic carbocycles. The van der Waals surface area contributed by atoms with Gasteiger partial charge in [0.05, 0.1) is 6.20 Å². The minimum atomic E-state index is -0.345. The molecule has 1 atom stereocenters. The molecule has 1 heterocycles. The Labute approximate surface area is 100 Å². The van der Waals surface area contributed by atoms with Crippen LogP contribution >= 0.6 is 0 Å². The van der Waals surface area contributed by atoms with E-state index in [1.807, 2.05) is 25.1 Å². The number of aromatic nitrogens is 1. The summed E-state index contributed by atoms with van der Waals surface area (Å²) in [6.45, 7) is 2.04. The van der Waals surface area contributed by atoms with Gasteiger partial charge in [-0.1, -0.05) is 29.8 Å². The minimum absolute atomic E-state index is 0.222. The Morgan fingerprint density at radius 1 is 1.29 bits per heavy atom. The zero-order valence-corrected chi connectivity index (χ0v) is 9.73. The maximum Gasteiger partial charge on any atom is 0.141 e. The Balaban J connectivity index is 2.14. The summed E-state index contributed by atoms with van der Waals surface area (Å²) in [5.74, 6) is -0.345. The molecule has 0 aliphatic heterocycles. The zero-order valence-electron chi connectivity index (χ0n) is 9.73. The van der Waals surface area contributed by atoms with E-state index < -0.39 is 0 Å². The number of nitrogens with two attached hydrogens (primary N) is 1. The second-order valence-corrected chi connectivity index (χ2v) is 4.24. The van der Waals surface area contributed by atoms with Gasteiger partial charge in [0.1, 0.15) is 5.82 Å². The summed E-state index contributed by atoms with van der Waals surface area (Å²) in [5.41, 5.74) is 9.12. The molecule has 1 unspecified atom stereocenters. The van der Waals surface area contributed by atoms with Gasteiger partial charge < -0.3 is 5.73 Å². The van der Waals surface area contributed by atoms with Gasteiger partial charge in [-0.05, 0) is 30.5 Å². The normalized spacial score (nSPS) is 12.4. The van der Waals surface area contributed by atoms with Gasteiger partial charge in [-0.2, -0.15) is 0 Å². The molecular formula is C14H15FN2. The van der Waals surface area contributed by atoms with Gasteiger partial charge in [0.2, 0.25) is 0 Å². The van der Waals surface area contributed by atoms with E-state index in [4.69, 9.17) is 5.73 Å². The van der Waals surface area contributed by atoms with Crippen LogP contribution in [0.3, 0.4) is 0 Å². The lowest BCUT2D eigenvalue weighted by Gasteiger charge is -2.12. The van der Waals surface area contributed by atoms with Crippen molar-refractivity contribution < 1.29 is 4.39 Å². The average Bonchev–Trinajstić information content (AvgIpc) is 2.29. The highest BCUT2D eigenvalue weighted by molar-refractivity contribution is 5.25. The summed E-state index contributed by atoms with van der Waals surface area (Å²) >= 11 is 0. The number of hydrogen-bond acceptors (Lipinski definition) is 2. The average molecular weight is 230 g/mol. The molecule has 0 bridgehead atoms. The van der Waals surface area contributed by atoms with Crippen LogP contribution in [-0.4, -0.2) is 4.98 Å². The molecule has 1 aromatic heterocycles. The van der Waals surface area contributed by atoms with Gasteiger partial charge in [-0.25, -0.2) is 4.39 Å². The fourth-order valence-corrected chi connectivity index (χ4v) is 1.84. The lowest BCUT2D eigenvalue weighted by Crippen LogP contribution is -2.13. The molecule has 0 spiro atoms. The Kier molecular flexibility index (Phi) is 3.49. The van der Waals surface area contributed by atoms with Gasteiger partial charge in [0, 0.05) is 12.2 Å². The van der Waals surface area contributed by atoms with Crippen LogP contribution in [0.25, 0.3) is 0 Å². The first-order chi connectivity index (χ1) is 8.15. The summed E-state index contributed by atoms with van der Waals surface area (Å²) in [7, 11) is 0. The first-order valence-electron chi connectivity index (χ1n) is 5.57. The predicted molar refractivity (Wildman–Crippen MR) is 66.0 cm³/mol. The molecule has 0 aliphatic carbocycles. The van der Waals surface area contributed by atoms with Crippen molar-refractivity contribution in [1.82, 2.24) is 4.98 Å². The minimum Gasteiger partial charge on any atom is -0.324 e. The third-order valence-electron chi connectivity index (χ3n) is 2.69. The lowest BCUT2D eigenvalue weighted by atomic mass is 10.00. The summed E-state index contributed by atoms with van der Waals surface area (Å²) in [6.07, 6.45) is 3.49. The van der Waals surface area contributed by atoms with E-state index in [1.54, 1.807) is 6.20 Å². The standard InChI is InChI=1S/C14H15FN2/c1-10-3-2-4-11(5-10)6-14(16)12-7-13(15)9-17-8-12/h2-5,7-9,14H,6,16H2,1H3. The van der Waals surface area contributed by atoms with Crippen molar-refractivity contribution in [3.05, 3.63) is 65.2 Å². The summed E-state index contributed by atoms with van der Waals surface area (Å²) in [6, 6.07) is 9.37. The predicted octanol–water partition coefficient (Wildman–Crippen LogP) is 2.77. The van der Waals surface area contributed by atoms with Crippen LogP contribution < -0.4 is 5.73 Å². The molecule has 2 nitrogen and oxygen atoms in total. The number of benzene rings is 1. The molecule has 0 saturated heterocycles. The third-order valence-corrected chi connectivity index (χ3v) is 2.69. The van der Waals surface area contributed by atoms with Crippen LogP contribution in [-0.2, 0) is 6.42 Å². The van der Waals surface area contributed by atoms with Gasteiger partial charge in [-0.3, -0.25) is 4.98 Å². The lowest BCUT2D eigenvalue weighted by molar-refractivity contribution is 0.610. The smallest absolute Gasteiger partial charge is 0.141 e. The highest BCUT2D eigenvalue weighted by atomic mass is 19.1. The number of hydrogen-bond donors (Lipinski definition) is 1. The van der Waals surface area contributed by atoms with Crippen LogP contribution in [0.2, 0.25) is 0 Å². The summed E-state index contributed by atoms with van der Waals surface area (Å²) in [5, 5.41) is 0. The van der Waals surface area contributed by atoms with E-state index in [0.29, 0.717) is 6.42 Å².